The van der Waals surface area contributed by atoms with Crippen molar-refractivity contribution in [3.05, 3.63) is 30.0 Å². The van der Waals surface area contributed by atoms with Crippen LogP contribution >= 0.6 is 0 Å². The van der Waals surface area contributed by atoms with Crippen LogP contribution in [0, 0.1) is 5.92 Å². The van der Waals surface area contributed by atoms with Crippen molar-refractivity contribution >= 4 is 28.4 Å². The Morgan fingerprint density at radius 2 is 1.50 bits per heavy atom. The second kappa shape index (κ2) is 7.73. The van der Waals surface area contributed by atoms with Crippen molar-refractivity contribution in [2.75, 3.05) is 44.2 Å². The Morgan fingerprint density at radius 1 is 0.893 bits per heavy atom. The van der Waals surface area contributed by atoms with Gasteiger partial charge in [0.05, 0.1) is 0 Å². The fourth-order valence-electron chi connectivity index (χ4n) is 4.08. The third kappa shape index (κ3) is 3.53. The summed E-state index contributed by atoms with van der Waals surface area (Å²) in [5, 5.41) is 10.7. The first-order chi connectivity index (χ1) is 13.5. The smallest absolute Gasteiger partial charge is 0.275 e. The Labute approximate surface area is 165 Å². The van der Waals surface area contributed by atoms with Crippen molar-refractivity contribution in [2.24, 2.45) is 5.92 Å². The number of fused-ring (bicyclic) bond motifs is 1. The molecule has 148 valence electrons. The molecule has 1 aromatic heterocycles. The maximum Gasteiger partial charge on any atom is 0.275 e. The summed E-state index contributed by atoms with van der Waals surface area (Å²) < 4.78 is 0. The first-order valence-electron chi connectivity index (χ1n) is 10.1. The number of amides is 2. The summed E-state index contributed by atoms with van der Waals surface area (Å²) >= 11 is 0. The summed E-state index contributed by atoms with van der Waals surface area (Å²) in [5.74, 6) is 1.56. The van der Waals surface area contributed by atoms with E-state index >= 15 is 0 Å². The van der Waals surface area contributed by atoms with Crippen LogP contribution < -0.4 is 4.90 Å². The van der Waals surface area contributed by atoms with Crippen LogP contribution in [-0.4, -0.2) is 71.1 Å². The normalized spacial score (nSPS) is 18.6. The van der Waals surface area contributed by atoms with Gasteiger partial charge in [0.1, 0.15) is 0 Å². The van der Waals surface area contributed by atoms with Gasteiger partial charge in [-0.2, -0.15) is 0 Å². The Morgan fingerprint density at radius 3 is 2.14 bits per heavy atom. The van der Waals surface area contributed by atoms with Gasteiger partial charge < -0.3 is 14.7 Å². The van der Waals surface area contributed by atoms with Crippen LogP contribution in [0.2, 0.25) is 0 Å². The monoisotopic (exact) mass is 381 g/mol. The van der Waals surface area contributed by atoms with E-state index in [-0.39, 0.29) is 11.8 Å². The van der Waals surface area contributed by atoms with Crippen molar-refractivity contribution in [1.29, 1.82) is 0 Å². The standard InChI is InChI=1S/C21H27N5O2/c1-15-7-9-25(10-8-15)20-18-6-4-3-5-17(18)19(22-23-20)21(28)26-13-11-24(12-14-26)16(2)27/h3-6,15H,7-14H2,1-2H3. The quantitative estimate of drug-likeness (QED) is 0.797. The van der Waals surface area contributed by atoms with Gasteiger partial charge in [0.25, 0.3) is 5.91 Å². The zero-order valence-electron chi connectivity index (χ0n) is 16.6. The lowest BCUT2D eigenvalue weighted by Gasteiger charge is -2.34. The molecule has 0 N–H and O–H groups in total. The van der Waals surface area contributed by atoms with E-state index in [1.54, 1.807) is 16.7 Å². The van der Waals surface area contributed by atoms with E-state index in [0.29, 0.717) is 31.9 Å². The SMILES string of the molecule is CC(=O)N1CCN(C(=O)c2nnc(N3CCC(C)CC3)c3ccccc23)CC1. The number of benzene rings is 1. The number of carbonyl (C=O) groups excluding carboxylic acids is 2. The lowest BCUT2D eigenvalue weighted by Crippen LogP contribution is -2.50. The van der Waals surface area contributed by atoms with Crippen molar-refractivity contribution in [1.82, 2.24) is 20.0 Å². The highest BCUT2D eigenvalue weighted by Gasteiger charge is 2.27. The van der Waals surface area contributed by atoms with Gasteiger partial charge in [-0.25, -0.2) is 0 Å². The van der Waals surface area contributed by atoms with E-state index in [0.717, 1.165) is 48.4 Å². The van der Waals surface area contributed by atoms with Crippen molar-refractivity contribution in [3.8, 4) is 0 Å². The molecule has 0 saturated carbocycles. The van der Waals surface area contributed by atoms with E-state index in [2.05, 4.69) is 22.0 Å². The zero-order valence-corrected chi connectivity index (χ0v) is 16.6. The van der Waals surface area contributed by atoms with Crippen molar-refractivity contribution in [2.45, 2.75) is 26.7 Å². The summed E-state index contributed by atoms with van der Waals surface area (Å²) in [7, 11) is 0. The summed E-state index contributed by atoms with van der Waals surface area (Å²) in [5.41, 5.74) is 0.404. The maximum absolute atomic E-state index is 13.1. The number of anilines is 1. The number of piperidine rings is 1. The molecule has 0 bridgehead atoms. The van der Waals surface area contributed by atoms with Crippen LogP contribution in [0.4, 0.5) is 5.82 Å². The Bertz CT molecular complexity index is 883. The van der Waals surface area contributed by atoms with Gasteiger partial charge in [-0.15, -0.1) is 10.2 Å². The fourth-order valence-corrected chi connectivity index (χ4v) is 4.08. The minimum atomic E-state index is -0.106. The number of hydrogen-bond donors (Lipinski definition) is 0. The molecule has 0 atom stereocenters. The van der Waals surface area contributed by atoms with E-state index in [9.17, 15) is 9.59 Å². The van der Waals surface area contributed by atoms with Crippen LogP contribution in [0.25, 0.3) is 10.8 Å². The zero-order chi connectivity index (χ0) is 19.7. The lowest BCUT2D eigenvalue weighted by molar-refractivity contribution is -0.130. The van der Waals surface area contributed by atoms with Crippen molar-refractivity contribution < 1.29 is 9.59 Å². The van der Waals surface area contributed by atoms with Crippen molar-refractivity contribution in [3.63, 3.8) is 0 Å². The molecule has 7 heteroatoms. The van der Waals surface area contributed by atoms with E-state index in [4.69, 9.17) is 0 Å². The van der Waals surface area contributed by atoms with Gasteiger partial charge in [0.15, 0.2) is 11.5 Å². The minimum absolute atomic E-state index is 0.0533. The highest BCUT2D eigenvalue weighted by Crippen LogP contribution is 2.29. The second-order valence-electron chi connectivity index (χ2n) is 7.89. The number of piperazine rings is 1. The molecular formula is C21H27N5O2. The predicted molar refractivity (Wildman–Crippen MR) is 108 cm³/mol. The van der Waals surface area contributed by atoms with E-state index in [1.165, 1.54) is 0 Å². The molecule has 0 spiro atoms. The topological polar surface area (TPSA) is 69.6 Å². The second-order valence-corrected chi connectivity index (χ2v) is 7.89. The molecular weight excluding hydrogens is 354 g/mol. The molecule has 3 heterocycles. The van der Waals surface area contributed by atoms with Gasteiger partial charge in [-0.1, -0.05) is 31.2 Å². The third-order valence-corrected chi connectivity index (χ3v) is 5.97. The average Bonchev–Trinajstić information content (AvgIpc) is 2.73. The Balaban J connectivity index is 1.61. The molecule has 0 unspecified atom stereocenters. The number of carbonyl (C=O) groups is 2. The molecule has 2 amide bonds. The molecule has 2 saturated heterocycles. The summed E-state index contributed by atoms with van der Waals surface area (Å²) in [6.07, 6.45) is 2.30. The number of aromatic nitrogens is 2. The van der Waals surface area contributed by atoms with Crippen LogP contribution in [0.15, 0.2) is 24.3 Å². The maximum atomic E-state index is 13.1. The largest absolute Gasteiger partial charge is 0.355 e. The molecule has 0 radical (unpaired) electrons. The van der Waals surface area contributed by atoms with Gasteiger partial charge >= 0.3 is 0 Å². The first kappa shape index (κ1) is 18.7. The summed E-state index contributed by atoms with van der Waals surface area (Å²) in [6.45, 7) is 7.99. The molecule has 7 nitrogen and oxygen atoms in total. The minimum Gasteiger partial charge on any atom is -0.355 e. The summed E-state index contributed by atoms with van der Waals surface area (Å²) in [4.78, 5) is 30.5. The van der Waals surface area contributed by atoms with Gasteiger partial charge in [-0.05, 0) is 18.8 Å². The van der Waals surface area contributed by atoms with Crippen LogP contribution in [0.1, 0.15) is 37.2 Å². The van der Waals surface area contributed by atoms with Crippen LogP contribution in [0.5, 0.6) is 0 Å². The van der Waals surface area contributed by atoms with Gasteiger partial charge in [-0.3, -0.25) is 9.59 Å². The number of nitrogens with zero attached hydrogens (tertiary/aromatic N) is 5. The first-order valence-corrected chi connectivity index (χ1v) is 10.1. The van der Waals surface area contributed by atoms with Crippen LogP contribution in [0.3, 0.4) is 0 Å². The fraction of sp³-hybridized carbons (Fsp3) is 0.524. The highest BCUT2D eigenvalue weighted by molar-refractivity contribution is 6.07. The van der Waals surface area contributed by atoms with Crippen LogP contribution in [-0.2, 0) is 4.79 Å². The Kier molecular flexibility index (Phi) is 5.15. The molecule has 2 aliphatic heterocycles. The number of hydrogen-bond acceptors (Lipinski definition) is 5. The molecule has 1 aromatic carbocycles. The number of rotatable bonds is 2. The van der Waals surface area contributed by atoms with E-state index < -0.39 is 0 Å². The Hall–Kier alpha value is -2.70. The van der Waals surface area contributed by atoms with Gasteiger partial charge in [0, 0.05) is 57.0 Å². The molecule has 28 heavy (non-hydrogen) atoms. The average molecular weight is 381 g/mol. The predicted octanol–water partition coefficient (Wildman–Crippen LogP) is 2.17. The molecule has 0 aliphatic carbocycles. The highest BCUT2D eigenvalue weighted by atomic mass is 16.2. The lowest BCUT2D eigenvalue weighted by atomic mass is 9.99. The molecule has 2 fully saturated rings. The third-order valence-electron chi connectivity index (χ3n) is 5.97. The molecule has 2 aliphatic rings. The summed E-state index contributed by atoms with van der Waals surface area (Å²) in [6, 6.07) is 7.91. The molecule has 4 rings (SSSR count). The molecule has 2 aromatic rings. The van der Waals surface area contributed by atoms with Gasteiger partial charge in [0.2, 0.25) is 5.91 Å². The van der Waals surface area contributed by atoms with E-state index in [1.807, 2.05) is 24.3 Å².